The summed E-state index contributed by atoms with van der Waals surface area (Å²) in [4.78, 5) is 27.5. The summed E-state index contributed by atoms with van der Waals surface area (Å²) < 4.78 is 0. The van der Waals surface area contributed by atoms with Crippen LogP contribution in [0, 0.1) is 13.8 Å². The number of nitrogens with one attached hydrogen (secondary N) is 2. The Morgan fingerprint density at radius 1 is 0.850 bits per heavy atom. The van der Waals surface area contributed by atoms with Crippen LogP contribution in [0.15, 0.2) is 42.7 Å². The van der Waals surface area contributed by atoms with Crippen molar-refractivity contribution in [3.05, 3.63) is 65.0 Å². The first-order valence-electron chi connectivity index (χ1n) is 6.16. The van der Waals surface area contributed by atoms with Crippen LogP contribution in [0.5, 0.6) is 0 Å². The number of rotatable bonds is 2. The predicted molar refractivity (Wildman–Crippen MR) is 75.1 cm³/mol. The van der Waals surface area contributed by atoms with Gasteiger partial charge in [-0.05, 0) is 49.2 Å². The minimum absolute atomic E-state index is 0.351. The highest BCUT2D eigenvalue weighted by Gasteiger charge is 2.09. The molecule has 0 saturated carbocycles. The fraction of sp³-hybridized carbons (Fsp3) is 0.133. The molecule has 2 rings (SSSR count). The summed E-state index contributed by atoms with van der Waals surface area (Å²) in [5, 5.41) is 0. The molecule has 1 aromatic heterocycles. The Labute approximate surface area is 117 Å². The van der Waals surface area contributed by atoms with E-state index in [2.05, 4.69) is 15.8 Å². The molecule has 2 N–H and O–H groups in total. The number of amides is 2. The topological polar surface area (TPSA) is 71.1 Å². The lowest BCUT2D eigenvalue weighted by Gasteiger charge is -2.08. The molecule has 1 aromatic carbocycles. The predicted octanol–water partition coefficient (Wildman–Crippen LogP) is 1.77. The molecule has 5 heteroatoms. The molecule has 0 atom stereocenters. The summed E-state index contributed by atoms with van der Waals surface area (Å²) >= 11 is 0. The lowest BCUT2D eigenvalue weighted by molar-refractivity contribution is 0.0846. The van der Waals surface area contributed by atoms with Gasteiger partial charge in [-0.25, -0.2) is 0 Å². The van der Waals surface area contributed by atoms with E-state index in [0.717, 1.165) is 11.1 Å². The van der Waals surface area contributed by atoms with Crippen LogP contribution in [0.1, 0.15) is 31.8 Å². The molecule has 0 fully saturated rings. The van der Waals surface area contributed by atoms with Crippen molar-refractivity contribution >= 4 is 11.8 Å². The van der Waals surface area contributed by atoms with Gasteiger partial charge in [-0.3, -0.25) is 25.4 Å². The first-order valence-corrected chi connectivity index (χ1v) is 6.16. The smallest absolute Gasteiger partial charge is 0.267 e. The Balaban J connectivity index is 1.98. The molecular formula is C15H15N3O2. The summed E-state index contributed by atoms with van der Waals surface area (Å²) in [6, 6.07) is 8.50. The third-order valence-electron chi connectivity index (χ3n) is 3.00. The van der Waals surface area contributed by atoms with Gasteiger partial charge in [-0.1, -0.05) is 6.07 Å². The van der Waals surface area contributed by atoms with E-state index < -0.39 is 0 Å². The van der Waals surface area contributed by atoms with Crippen molar-refractivity contribution in [1.29, 1.82) is 0 Å². The van der Waals surface area contributed by atoms with Gasteiger partial charge in [0.1, 0.15) is 0 Å². The van der Waals surface area contributed by atoms with Gasteiger partial charge >= 0.3 is 0 Å². The molecule has 0 aliphatic rings. The zero-order valence-corrected chi connectivity index (χ0v) is 11.3. The van der Waals surface area contributed by atoms with Crippen LogP contribution in [0.4, 0.5) is 0 Å². The Hall–Kier alpha value is -2.69. The number of benzene rings is 1. The minimum Gasteiger partial charge on any atom is -0.267 e. The van der Waals surface area contributed by atoms with Crippen LogP contribution in [-0.2, 0) is 0 Å². The highest BCUT2D eigenvalue weighted by atomic mass is 16.2. The fourth-order valence-corrected chi connectivity index (χ4v) is 1.64. The number of aromatic nitrogens is 1. The molecule has 0 bridgehead atoms. The molecule has 2 amide bonds. The van der Waals surface area contributed by atoms with Crippen molar-refractivity contribution in [2.45, 2.75) is 13.8 Å². The maximum Gasteiger partial charge on any atom is 0.269 e. The van der Waals surface area contributed by atoms with Crippen LogP contribution < -0.4 is 10.9 Å². The lowest BCUT2D eigenvalue weighted by atomic mass is 10.1. The molecule has 2 aromatic rings. The van der Waals surface area contributed by atoms with E-state index in [-0.39, 0.29) is 11.8 Å². The van der Waals surface area contributed by atoms with E-state index in [4.69, 9.17) is 0 Å². The van der Waals surface area contributed by atoms with Crippen LogP contribution in [-0.4, -0.2) is 16.8 Å². The number of carbonyl (C=O) groups is 2. The summed E-state index contributed by atoms with van der Waals surface area (Å²) in [5.74, 6) is -0.736. The second-order valence-electron chi connectivity index (χ2n) is 4.44. The number of hydrazine groups is 1. The Kier molecular flexibility index (Phi) is 4.10. The van der Waals surface area contributed by atoms with Crippen molar-refractivity contribution in [3.8, 4) is 0 Å². The van der Waals surface area contributed by atoms with Crippen molar-refractivity contribution in [2.24, 2.45) is 0 Å². The van der Waals surface area contributed by atoms with Gasteiger partial charge in [0.05, 0.1) is 0 Å². The zero-order chi connectivity index (χ0) is 14.5. The Morgan fingerprint density at radius 2 is 1.45 bits per heavy atom. The van der Waals surface area contributed by atoms with Crippen molar-refractivity contribution < 1.29 is 9.59 Å². The van der Waals surface area contributed by atoms with Gasteiger partial charge in [-0.2, -0.15) is 0 Å². The maximum atomic E-state index is 11.9. The van der Waals surface area contributed by atoms with Crippen molar-refractivity contribution in [2.75, 3.05) is 0 Å². The summed E-state index contributed by atoms with van der Waals surface area (Å²) in [5.41, 5.74) is 7.82. The maximum absolute atomic E-state index is 11.9. The molecule has 0 aliphatic carbocycles. The standard InChI is InChI=1S/C15H15N3O2/c1-10-3-4-13(9-11(10)2)15(20)18-17-14(19)12-5-7-16-8-6-12/h3-9H,1-2H3,(H,17,19)(H,18,20). The molecule has 102 valence electrons. The van der Waals surface area contributed by atoms with E-state index in [9.17, 15) is 9.59 Å². The number of hydrogen-bond donors (Lipinski definition) is 2. The van der Waals surface area contributed by atoms with Crippen LogP contribution in [0.25, 0.3) is 0 Å². The minimum atomic E-state index is -0.385. The monoisotopic (exact) mass is 269 g/mol. The molecule has 0 radical (unpaired) electrons. The largest absolute Gasteiger partial charge is 0.269 e. The van der Waals surface area contributed by atoms with Crippen LogP contribution in [0.3, 0.4) is 0 Å². The quantitative estimate of drug-likeness (QED) is 0.816. The Morgan fingerprint density at radius 3 is 2.05 bits per heavy atom. The number of aryl methyl sites for hydroxylation is 2. The van der Waals surface area contributed by atoms with E-state index in [0.29, 0.717) is 11.1 Å². The zero-order valence-electron chi connectivity index (χ0n) is 11.3. The third-order valence-corrected chi connectivity index (χ3v) is 3.00. The van der Waals surface area contributed by atoms with Gasteiger partial charge in [0.25, 0.3) is 11.8 Å². The second kappa shape index (κ2) is 5.97. The number of pyridine rings is 1. The first-order chi connectivity index (χ1) is 9.58. The van der Waals surface area contributed by atoms with Crippen molar-refractivity contribution in [1.82, 2.24) is 15.8 Å². The van der Waals surface area contributed by atoms with Crippen LogP contribution >= 0.6 is 0 Å². The Bertz CT molecular complexity index is 639. The van der Waals surface area contributed by atoms with E-state index in [1.807, 2.05) is 19.9 Å². The molecule has 1 heterocycles. The number of nitrogens with zero attached hydrogens (tertiary/aromatic N) is 1. The van der Waals surface area contributed by atoms with E-state index in [1.54, 1.807) is 24.3 Å². The third kappa shape index (κ3) is 3.20. The SMILES string of the molecule is Cc1ccc(C(=O)NNC(=O)c2ccncc2)cc1C. The fourth-order valence-electron chi connectivity index (χ4n) is 1.64. The van der Waals surface area contributed by atoms with Crippen molar-refractivity contribution in [3.63, 3.8) is 0 Å². The van der Waals surface area contributed by atoms with E-state index >= 15 is 0 Å². The highest BCUT2D eigenvalue weighted by Crippen LogP contribution is 2.09. The average molecular weight is 269 g/mol. The second-order valence-corrected chi connectivity index (χ2v) is 4.44. The molecule has 0 unspecified atom stereocenters. The molecular weight excluding hydrogens is 254 g/mol. The van der Waals surface area contributed by atoms with Gasteiger partial charge < -0.3 is 0 Å². The van der Waals surface area contributed by atoms with E-state index in [1.165, 1.54) is 12.4 Å². The molecule has 20 heavy (non-hydrogen) atoms. The van der Waals surface area contributed by atoms with Gasteiger partial charge in [0.15, 0.2) is 0 Å². The highest BCUT2D eigenvalue weighted by molar-refractivity contribution is 5.99. The normalized spacial score (nSPS) is 9.90. The summed E-state index contributed by atoms with van der Waals surface area (Å²) in [6.45, 7) is 3.91. The summed E-state index contributed by atoms with van der Waals surface area (Å²) in [6.07, 6.45) is 3.03. The first kappa shape index (κ1) is 13.7. The van der Waals surface area contributed by atoms with Gasteiger partial charge in [0, 0.05) is 23.5 Å². The summed E-state index contributed by atoms with van der Waals surface area (Å²) in [7, 11) is 0. The lowest BCUT2D eigenvalue weighted by Crippen LogP contribution is -2.41. The number of hydrogen-bond acceptors (Lipinski definition) is 3. The molecule has 0 spiro atoms. The van der Waals surface area contributed by atoms with Gasteiger partial charge in [0.2, 0.25) is 0 Å². The molecule has 0 aliphatic heterocycles. The molecule has 0 saturated heterocycles. The van der Waals surface area contributed by atoms with Gasteiger partial charge in [-0.15, -0.1) is 0 Å². The van der Waals surface area contributed by atoms with Crippen LogP contribution in [0.2, 0.25) is 0 Å². The molecule has 5 nitrogen and oxygen atoms in total. The average Bonchev–Trinajstić information content (AvgIpc) is 2.48. The number of carbonyl (C=O) groups excluding carboxylic acids is 2.